The molecule has 0 aliphatic rings. The van der Waals surface area contributed by atoms with Crippen LogP contribution >= 0.6 is 11.3 Å². The Morgan fingerprint density at radius 3 is 2.50 bits per heavy atom. The van der Waals surface area contributed by atoms with Gasteiger partial charge in [0.05, 0.1) is 16.3 Å². The highest BCUT2D eigenvalue weighted by molar-refractivity contribution is 7.19. The number of carbonyl (C=O) groups excluding carboxylic acids is 1. The number of thiazole rings is 1. The Morgan fingerprint density at radius 1 is 1.07 bits per heavy atom. The normalized spacial score (nSPS) is 10.8. The molecule has 2 aromatic heterocycles. The average Bonchev–Trinajstić information content (AvgIpc) is 3.28. The lowest BCUT2D eigenvalue weighted by atomic mass is 10.1. The molecule has 4 aromatic rings. The van der Waals surface area contributed by atoms with Crippen LogP contribution in [0.4, 0.5) is 13.9 Å². The Labute approximate surface area is 163 Å². The molecule has 0 saturated carbocycles. The highest BCUT2D eigenvalue weighted by Crippen LogP contribution is 2.31. The van der Waals surface area contributed by atoms with E-state index in [4.69, 9.17) is 0 Å². The lowest BCUT2D eigenvalue weighted by Crippen LogP contribution is -2.15. The SMILES string of the molecule is Cn1nc(-c2ccccc2)cc1-c1cnc(NC(=O)c2c(F)cccc2F)s1. The summed E-state index contributed by atoms with van der Waals surface area (Å²) < 4.78 is 29.2. The summed E-state index contributed by atoms with van der Waals surface area (Å²) in [6.07, 6.45) is 1.59. The standard InChI is InChI=1S/C20H14F2N4OS/c1-26-16(10-15(25-26)12-6-3-2-4-7-12)17-11-23-20(28-17)24-19(27)18-13(21)8-5-9-14(18)22/h2-11H,1H3,(H,23,24,27). The van der Waals surface area contributed by atoms with Gasteiger partial charge < -0.3 is 0 Å². The Bertz CT molecular complexity index is 1130. The highest BCUT2D eigenvalue weighted by atomic mass is 32.1. The summed E-state index contributed by atoms with van der Waals surface area (Å²) in [7, 11) is 1.81. The quantitative estimate of drug-likeness (QED) is 0.542. The topological polar surface area (TPSA) is 59.8 Å². The van der Waals surface area contributed by atoms with Crippen LogP contribution in [-0.2, 0) is 7.05 Å². The van der Waals surface area contributed by atoms with Gasteiger partial charge in [-0.25, -0.2) is 13.8 Å². The van der Waals surface area contributed by atoms with Gasteiger partial charge in [0.1, 0.15) is 17.2 Å². The minimum Gasteiger partial charge on any atom is -0.298 e. The number of rotatable bonds is 4. The second-order valence-corrected chi connectivity index (χ2v) is 7.02. The predicted octanol–water partition coefficient (Wildman–Crippen LogP) is 4.74. The van der Waals surface area contributed by atoms with Gasteiger partial charge >= 0.3 is 0 Å². The van der Waals surface area contributed by atoms with E-state index in [2.05, 4.69) is 15.4 Å². The van der Waals surface area contributed by atoms with Crippen molar-refractivity contribution in [3.05, 3.63) is 78.0 Å². The molecule has 0 spiro atoms. The first-order valence-electron chi connectivity index (χ1n) is 8.34. The van der Waals surface area contributed by atoms with Gasteiger partial charge in [-0.1, -0.05) is 47.7 Å². The van der Waals surface area contributed by atoms with E-state index in [0.29, 0.717) is 0 Å². The molecule has 140 valence electrons. The molecule has 0 bridgehead atoms. The first-order chi connectivity index (χ1) is 13.5. The van der Waals surface area contributed by atoms with Crippen molar-refractivity contribution in [3.8, 4) is 21.8 Å². The van der Waals surface area contributed by atoms with Crippen molar-refractivity contribution in [2.24, 2.45) is 7.05 Å². The van der Waals surface area contributed by atoms with E-state index in [9.17, 15) is 13.6 Å². The maximum absolute atomic E-state index is 13.8. The number of carbonyl (C=O) groups is 1. The Kier molecular flexibility index (Phi) is 4.70. The number of amides is 1. The third-order valence-electron chi connectivity index (χ3n) is 4.12. The van der Waals surface area contributed by atoms with E-state index in [1.165, 1.54) is 17.4 Å². The molecule has 8 heteroatoms. The summed E-state index contributed by atoms with van der Waals surface area (Å²) in [4.78, 5) is 17.1. The fourth-order valence-electron chi connectivity index (χ4n) is 2.77. The Hall–Kier alpha value is -3.39. The minimum atomic E-state index is -0.923. The highest BCUT2D eigenvalue weighted by Gasteiger charge is 2.19. The van der Waals surface area contributed by atoms with E-state index in [0.717, 1.165) is 34.0 Å². The second-order valence-electron chi connectivity index (χ2n) is 5.98. The minimum absolute atomic E-state index is 0.241. The maximum atomic E-state index is 13.8. The molecule has 5 nitrogen and oxygen atoms in total. The summed E-state index contributed by atoms with van der Waals surface area (Å²) in [5.41, 5.74) is 1.98. The zero-order chi connectivity index (χ0) is 19.7. The van der Waals surface area contributed by atoms with Crippen LogP contribution in [0.2, 0.25) is 0 Å². The van der Waals surface area contributed by atoms with Crippen LogP contribution in [-0.4, -0.2) is 20.7 Å². The molecule has 0 radical (unpaired) electrons. The summed E-state index contributed by atoms with van der Waals surface area (Å²) in [6.45, 7) is 0. The first-order valence-corrected chi connectivity index (χ1v) is 9.15. The van der Waals surface area contributed by atoms with Crippen molar-refractivity contribution in [2.75, 3.05) is 5.32 Å². The molecule has 4 rings (SSSR count). The molecule has 0 atom stereocenters. The van der Waals surface area contributed by atoms with Crippen molar-refractivity contribution in [1.82, 2.24) is 14.8 Å². The van der Waals surface area contributed by atoms with E-state index >= 15 is 0 Å². The van der Waals surface area contributed by atoms with Gasteiger partial charge in [0.2, 0.25) is 0 Å². The van der Waals surface area contributed by atoms with Gasteiger partial charge in [-0.2, -0.15) is 5.10 Å². The lowest BCUT2D eigenvalue weighted by molar-refractivity contribution is 0.101. The summed E-state index contributed by atoms with van der Waals surface area (Å²) in [5.74, 6) is -2.73. The van der Waals surface area contributed by atoms with Gasteiger partial charge in [0, 0.05) is 18.8 Å². The summed E-state index contributed by atoms with van der Waals surface area (Å²) in [5, 5.41) is 7.19. The average molecular weight is 396 g/mol. The van der Waals surface area contributed by atoms with Crippen molar-refractivity contribution >= 4 is 22.4 Å². The van der Waals surface area contributed by atoms with Crippen LogP contribution in [0.25, 0.3) is 21.8 Å². The zero-order valence-electron chi connectivity index (χ0n) is 14.7. The number of hydrogen-bond donors (Lipinski definition) is 1. The van der Waals surface area contributed by atoms with E-state index in [-0.39, 0.29) is 5.13 Å². The van der Waals surface area contributed by atoms with Gasteiger partial charge in [0.15, 0.2) is 5.13 Å². The molecule has 1 amide bonds. The third kappa shape index (κ3) is 3.41. The van der Waals surface area contributed by atoms with Gasteiger partial charge in [-0.15, -0.1) is 0 Å². The molecule has 0 fully saturated rings. The number of hydrogen-bond acceptors (Lipinski definition) is 4. The number of nitrogens with one attached hydrogen (secondary N) is 1. The number of benzene rings is 2. The van der Waals surface area contributed by atoms with E-state index in [1.807, 2.05) is 43.4 Å². The van der Waals surface area contributed by atoms with Crippen molar-refractivity contribution in [1.29, 1.82) is 0 Å². The molecule has 0 aliphatic carbocycles. The second kappa shape index (κ2) is 7.32. The van der Waals surface area contributed by atoms with Crippen LogP contribution in [0, 0.1) is 11.6 Å². The predicted molar refractivity (Wildman–Crippen MR) is 104 cm³/mol. The van der Waals surface area contributed by atoms with Gasteiger partial charge in [0.25, 0.3) is 5.91 Å². The first kappa shape index (κ1) is 18.0. The molecule has 28 heavy (non-hydrogen) atoms. The Morgan fingerprint density at radius 2 is 1.79 bits per heavy atom. The van der Waals surface area contributed by atoms with Gasteiger partial charge in [-0.3, -0.25) is 14.8 Å². The molecule has 2 heterocycles. The van der Waals surface area contributed by atoms with Crippen LogP contribution in [0.15, 0.2) is 60.8 Å². The molecule has 0 saturated heterocycles. The smallest absolute Gasteiger partial charge is 0.263 e. The molecule has 1 N–H and O–H groups in total. The van der Waals surface area contributed by atoms with Crippen LogP contribution in [0.3, 0.4) is 0 Å². The van der Waals surface area contributed by atoms with Crippen LogP contribution in [0.1, 0.15) is 10.4 Å². The fourth-order valence-corrected chi connectivity index (χ4v) is 3.63. The molecule has 0 unspecified atom stereocenters. The summed E-state index contributed by atoms with van der Waals surface area (Å²) >= 11 is 1.19. The fraction of sp³-hybridized carbons (Fsp3) is 0.0500. The molecular formula is C20H14F2N4OS. The number of aromatic nitrogens is 3. The van der Waals surface area contributed by atoms with Gasteiger partial charge in [-0.05, 0) is 18.2 Å². The lowest BCUT2D eigenvalue weighted by Gasteiger charge is -2.04. The molecule has 0 aliphatic heterocycles. The monoisotopic (exact) mass is 396 g/mol. The molecular weight excluding hydrogens is 382 g/mol. The number of aryl methyl sites for hydroxylation is 1. The number of halogens is 2. The Balaban J connectivity index is 1.59. The number of anilines is 1. The third-order valence-corrected chi connectivity index (χ3v) is 5.05. The molecule has 2 aromatic carbocycles. The van der Waals surface area contributed by atoms with E-state index < -0.39 is 23.1 Å². The summed E-state index contributed by atoms with van der Waals surface area (Å²) in [6, 6.07) is 14.9. The van der Waals surface area contributed by atoms with E-state index in [1.54, 1.807) is 10.9 Å². The number of nitrogens with zero attached hydrogens (tertiary/aromatic N) is 3. The largest absolute Gasteiger partial charge is 0.298 e. The zero-order valence-corrected chi connectivity index (χ0v) is 15.5. The maximum Gasteiger partial charge on any atom is 0.263 e. The van der Waals surface area contributed by atoms with Crippen molar-refractivity contribution in [2.45, 2.75) is 0 Å². The van der Waals surface area contributed by atoms with Crippen LogP contribution < -0.4 is 5.32 Å². The van der Waals surface area contributed by atoms with Crippen LogP contribution in [0.5, 0.6) is 0 Å². The van der Waals surface area contributed by atoms with Crippen molar-refractivity contribution in [3.63, 3.8) is 0 Å². The van der Waals surface area contributed by atoms with Crippen molar-refractivity contribution < 1.29 is 13.6 Å².